The number of hydrogen-bond acceptors (Lipinski definition) is 6. The Morgan fingerprint density at radius 1 is 1.03 bits per heavy atom. The summed E-state index contributed by atoms with van der Waals surface area (Å²) in [4.78, 5) is 26.4. The van der Waals surface area contributed by atoms with Gasteiger partial charge in [0.25, 0.3) is 5.91 Å². The summed E-state index contributed by atoms with van der Waals surface area (Å²) in [5.41, 5.74) is 1.01. The van der Waals surface area contributed by atoms with Crippen LogP contribution in [-0.4, -0.2) is 62.9 Å². The number of piperidine rings is 1. The first-order valence-corrected chi connectivity index (χ1v) is 12.5. The summed E-state index contributed by atoms with van der Waals surface area (Å²) < 4.78 is 37.7. The molecule has 1 saturated heterocycles. The molecule has 0 spiro atoms. The fourth-order valence-electron chi connectivity index (χ4n) is 3.58. The van der Waals surface area contributed by atoms with E-state index in [1.54, 1.807) is 7.05 Å². The van der Waals surface area contributed by atoms with Crippen LogP contribution in [-0.2, 0) is 26.1 Å². The van der Waals surface area contributed by atoms with E-state index in [-0.39, 0.29) is 16.4 Å². The summed E-state index contributed by atoms with van der Waals surface area (Å²) in [7, 11) is -2.04. The summed E-state index contributed by atoms with van der Waals surface area (Å²) in [6.07, 6.45) is 2.67. The average Bonchev–Trinajstić information content (AvgIpc) is 2.84. The largest absolute Gasteiger partial charge is 0.494 e. The molecular formula is C24H30N2O6S. The third kappa shape index (κ3) is 6.55. The zero-order valence-electron chi connectivity index (χ0n) is 19.0. The zero-order valence-corrected chi connectivity index (χ0v) is 19.8. The SMILES string of the molecule is CCOc1ccc(CN(C)C(=O)COC(=O)c2cccc(S(=O)(=O)N3CCCCC3)c2)cc1. The second kappa shape index (κ2) is 11.3. The number of ether oxygens (including phenoxy) is 2. The van der Waals surface area contributed by atoms with Crippen molar-refractivity contribution in [1.82, 2.24) is 9.21 Å². The van der Waals surface area contributed by atoms with E-state index in [0.29, 0.717) is 26.2 Å². The molecule has 2 aromatic rings. The van der Waals surface area contributed by atoms with Gasteiger partial charge >= 0.3 is 5.97 Å². The molecule has 0 saturated carbocycles. The molecule has 33 heavy (non-hydrogen) atoms. The molecule has 1 heterocycles. The Balaban J connectivity index is 1.56. The van der Waals surface area contributed by atoms with Gasteiger partial charge in [-0.15, -0.1) is 0 Å². The van der Waals surface area contributed by atoms with Gasteiger partial charge < -0.3 is 14.4 Å². The number of hydrogen-bond donors (Lipinski definition) is 0. The van der Waals surface area contributed by atoms with E-state index < -0.39 is 22.6 Å². The van der Waals surface area contributed by atoms with Crippen LogP contribution in [0.2, 0.25) is 0 Å². The van der Waals surface area contributed by atoms with Crippen LogP contribution in [0.3, 0.4) is 0 Å². The third-order valence-corrected chi connectivity index (χ3v) is 7.32. The maximum absolute atomic E-state index is 12.9. The van der Waals surface area contributed by atoms with Crippen molar-refractivity contribution < 1.29 is 27.5 Å². The number of benzene rings is 2. The molecule has 0 radical (unpaired) electrons. The van der Waals surface area contributed by atoms with E-state index in [1.807, 2.05) is 31.2 Å². The summed E-state index contributed by atoms with van der Waals surface area (Å²) in [6, 6.07) is 13.2. The number of rotatable bonds is 9. The van der Waals surface area contributed by atoms with Crippen molar-refractivity contribution in [3.63, 3.8) is 0 Å². The van der Waals surface area contributed by atoms with Crippen LogP contribution >= 0.6 is 0 Å². The fourth-order valence-corrected chi connectivity index (χ4v) is 5.14. The first-order valence-electron chi connectivity index (χ1n) is 11.0. The number of carbonyl (C=O) groups is 2. The highest BCUT2D eigenvalue weighted by atomic mass is 32.2. The van der Waals surface area contributed by atoms with Gasteiger partial charge in [0.05, 0.1) is 17.1 Å². The first-order chi connectivity index (χ1) is 15.8. The normalized spacial score (nSPS) is 14.5. The van der Waals surface area contributed by atoms with Crippen molar-refractivity contribution in [1.29, 1.82) is 0 Å². The number of nitrogens with zero attached hydrogens (tertiary/aromatic N) is 2. The number of amides is 1. The molecule has 0 N–H and O–H groups in total. The molecule has 1 aliphatic rings. The molecule has 178 valence electrons. The molecule has 0 aromatic heterocycles. The maximum atomic E-state index is 12.9. The lowest BCUT2D eigenvalue weighted by Crippen LogP contribution is -2.35. The monoisotopic (exact) mass is 474 g/mol. The highest BCUT2D eigenvalue weighted by Crippen LogP contribution is 2.21. The van der Waals surface area contributed by atoms with Gasteiger partial charge in [0, 0.05) is 26.7 Å². The van der Waals surface area contributed by atoms with Crippen LogP contribution < -0.4 is 4.74 Å². The molecule has 3 rings (SSSR count). The van der Waals surface area contributed by atoms with Gasteiger partial charge in [-0.2, -0.15) is 4.31 Å². The fraction of sp³-hybridized carbons (Fsp3) is 0.417. The van der Waals surface area contributed by atoms with Crippen LogP contribution in [0.25, 0.3) is 0 Å². The van der Waals surface area contributed by atoms with Crippen LogP contribution in [0, 0.1) is 0 Å². The van der Waals surface area contributed by atoms with E-state index >= 15 is 0 Å². The van der Waals surface area contributed by atoms with Gasteiger partial charge in [-0.25, -0.2) is 13.2 Å². The van der Waals surface area contributed by atoms with Crippen molar-refractivity contribution in [2.24, 2.45) is 0 Å². The predicted molar refractivity (Wildman–Crippen MR) is 123 cm³/mol. The molecule has 0 bridgehead atoms. The molecule has 1 aliphatic heterocycles. The molecule has 0 unspecified atom stereocenters. The Bertz CT molecular complexity index is 1060. The van der Waals surface area contributed by atoms with Crippen LogP contribution in [0.4, 0.5) is 0 Å². The van der Waals surface area contributed by atoms with Crippen LogP contribution in [0.1, 0.15) is 42.1 Å². The number of likely N-dealkylation sites (N-methyl/N-ethyl adjacent to an activating group) is 1. The van der Waals surface area contributed by atoms with E-state index in [9.17, 15) is 18.0 Å². The second-order valence-corrected chi connectivity index (χ2v) is 9.83. The number of esters is 1. The van der Waals surface area contributed by atoms with Crippen LogP contribution in [0.5, 0.6) is 5.75 Å². The molecule has 8 nitrogen and oxygen atoms in total. The first kappa shape index (κ1) is 24.7. The van der Waals surface area contributed by atoms with Gasteiger partial charge in [-0.05, 0) is 55.7 Å². The molecule has 1 fully saturated rings. The average molecular weight is 475 g/mol. The summed E-state index contributed by atoms with van der Waals surface area (Å²) in [5.74, 6) is -0.350. The van der Waals surface area contributed by atoms with E-state index in [0.717, 1.165) is 30.6 Å². The van der Waals surface area contributed by atoms with Crippen LogP contribution in [0.15, 0.2) is 53.4 Å². The lowest BCUT2D eigenvalue weighted by atomic mass is 10.2. The van der Waals surface area contributed by atoms with Crippen molar-refractivity contribution in [2.45, 2.75) is 37.6 Å². The minimum Gasteiger partial charge on any atom is -0.494 e. The summed E-state index contributed by atoms with van der Waals surface area (Å²) >= 11 is 0. The Kier molecular flexibility index (Phi) is 8.46. The highest BCUT2D eigenvalue weighted by molar-refractivity contribution is 7.89. The standard InChI is InChI=1S/C24H30N2O6S/c1-3-31-21-12-10-19(11-13-21)17-25(2)23(27)18-32-24(28)20-8-7-9-22(16-20)33(29,30)26-14-5-4-6-15-26/h7-13,16H,3-6,14-15,17-18H2,1-2H3. The number of sulfonamides is 1. The number of carbonyl (C=O) groups excluding carboxylic acids is 2. The molecule has 9 heteroatoms. The third-order valence-electron chi connectivity index (χ3n) is 5.43. The van der Waals surface area contributed by atoms with Crippen molar-refractivity contribution in [3.05, 3.63) is 59.7 Å². The quantitative estimate of drug-likeness (QED) is 0.519. The Morgan fingerprint density at radius 2 is 1.73 bits per heavy atom. The van der Waals surface area contributed by atoms with Crippen molar-refractivity contribution >= 4 is 21.9 Å². The van der Waals surface area contributed by atoms with Gasteiger partial charge in [-0.1, -0.05) is 24.6 Å². The van der Waals surface area contributed by atoms with Gasteiger partial charge in [0.15, 0.2) is 6.61 Å². The van der Waals surface area contributed by atoms with E-state index in [2.05, 4.69) is 0 Å². The van der Waals surface area contributed by atoms with Gasteiger partial charge in [-0.3, -0.25) is 4.79 Å². The minimum atomic E-state index is -3.66. The second-order valence-electron chi connectivity index (χ2n) is 7.90. The molecule has 0 atom stereocenters. The Hall–Kier alpha value is -2.91. The smallest absolute Gasteiger partial charge is 0.338 e. The Labute approximate surface area is 195 Å². The Morgan fingerprint density at radius 3 is 2.39 bits per heavy atom. The zero-order chi connectivity index (χ0) is 23.8. The minimum absolute atomic E-state index is 0.0535. The van der Waals surface area contributed by atoms with Crippen molar-refractivity contribution in [2.75, 3.05) is 33.4 Å². The van der Waals surface area contributed by atoms with E-state index in [1.165, 1.54) is 33.5 Å². The summed E-state index contributed by atoms with van der Waals surface area (Å²) in [6.45, 7) is 3.36. The van der Waals surface area contributed by atoms with E-state index in [4.69, 9.17) is 9.47 Å². The molecule has 0 aliphatic carbocycles. The van der Waals surface area contributed by atoms with Gasteiger partial charge in [0.1, 0.15) is 5.75 Å². The lowest BCUT2D eigenvalue weighted by Gasteiger charge is -2.26. The molecule has 1 amide bonds. The molecular weight excluding hydrogens is 444 g/mol. The maximum Gasteiger partial charge on any atom is 0.338 e. The highest BCUT2D eigenvalue weighted by Gasteiger charge is 2.26. The van der Waals surface area contributed by atoms with Gasteiger partial charge in [0.2, 0.25) is 10.0 Å². The predicted octanol–water partition coefficient (Wildman–Crippen LogP) is 3.08. The lowest BCUT2D eigenvalue weighted by molar-refractivity contribution is -0.133. The molecule has 2 aromatic carbocycles. The summed E-state index contributed by atoms with van der Waals surface area (Å²) in [5, 5.41) is 0. The van der Waals surface area contributed by atoms with Crippen molar-refractivity contribution in [3.8, 4) is 5.75 Å². The topological polar surface area (TPSA) is 93.2 Å².